The minimum atomic E-state index is -0.734. The maximum Gasteiger partial charge on any atom is 1.00 e. The number of carbonyl (C=O) groups is 4. The summed E-state index contributed by atoms with van der Waals surface area (Å²) in [6.45, 7) is 4.11. The van der Waals surface area contributed by atoms with E-state index in [0.29, 0.717) is 12.4 Å². The minimum absolute atomic E-state index is 0. The number of hydrazine groups is 1. The number of urea groups is 2. The Kier molecular flexibility index (Phi) is 17.9. The number of hydrogen-bond donors (Lipinski definition) is 7. The quantitative estimate of drug-likeness (QED) is 0.0897. The number of carbonyl (C=O) groups excluding carboxylic acids is 4. The maximum atomic E-state index is 10.9. The van der Waals surface area contributed by atoms with Crippen molar-refractivity contribution in [1.29, 1.82) is 0 Å². The van der Waals surface area contributed by atoms with Crippen LogP contribution in [0.4, 0.5) is 9.59 Å². The number of ether oxygens (including phenoxy) is 2. The molecule has 204 valence electrons. The number of phenols is 1. The van der Waals surface area contributed by atoms with E-state index in [0.717, 1.165) is 13.1 Å². The molecule has 2 saturated heterocycles. The van der Waals surface area contributed by atoms with Gasteiger partial charge in [0.2, 0.25) is 5.91 Å². The van der Waals surface area contributed by atoms with Gasteiger partial charge in [0.25, 0.3) is 0 Å². The van der Waals surface area contributed by atoms with Crippen molar-refractivity contribution >= 4 is 23.9 Å². The molecule has 2 aromatic carbocycles. The first-order valence-electron chi connectivity index (χ1n) is 11.0. The SMILES string of the molecule is CC(O)Oc1ccccc1.COC(=O)c1ccccc1O.NC(=O)NN1CCNC1.O=C1CNC(=O)N1.[H-].[Na+]. The Morgan fingerprint density at radius 1 is 1.13 bits per heavy atom. The number of nitrogens with two attached hydrogens (primary N) is 1. The Labute approximate surface area is 243 Å². The number of primary amides is 1. The monoisotopic (exact) mass is 544 g/mol. The van der Waals surface area contributed by atoms with Gasteiger partial charge in [-0.25, -0.2) is 19.4 Å². The normalized spacial score (nSPS) is 14.2. The summed E-state index contributed by atoms with van der Waals surface area (Å²) in [6, 6.07) is 14.5. The zero-order valence-electron chi connectivity index (χ0n) is 22.5. The molecule has 2 aromatic rings. The van der Waals surface area contributed by atoms with E-state index in [1.165, 1.54) is 19.2 Å². The summed E-state index contributed by atoms with van der Waals surface area (Å²) < 4.78 is 9.39. The molecule has 0 aromatic heterocycles. The minimum Gasteiger partial charge on any atom is -1.00 e. The van der Waals surface area contributed by atoms with Gasteiger partial charge in [-0.2, -0.15) is 0 Å². The van der Waals surface area contributed by atoms with E-state index in [1.54, 1.807) is 36.2 Å². The van der Waals surface area contributed by atoms with Gasteiger partial charge in [-0.15, -0.1) is 0 Å². The molecule has 2 aliphatic heterocycles. The van der Waals surface area contributed by atoms with Crippen molar-refractivity contribution in [2.24, 2.45) is 5.73 Å². The fourth-order valence-electron chi connectivity index (χ4n) is 2.59. The molecule has 5 amide bonds. The average Bonchev–Trinajstić information content (AvgIpc) is 3.51. The largest absolute Gasteiger partial charge is 1.00 e. The van der Waals surface area contributed by atoms with Gasteiger partial charge in [-0.05, 0) is 31.2 Å². The van der Waals surface area contributed by atoms with Crippen LogP contribution in [0, 0.1) is 0 Å². The molecule has 4 rings (SSSR count). The number of aliphatic hydroxyl groups is 1. The molecule has 2 aliphatic rings. The van der Waals surface area contributed by atoms with Crippen molar-refractivity contribution in [3.05, 3.63) is 60.2 Å². The van der Waals surface area contributed by atoms with Gasteiger partial charge in [-0.1, -0.05) is 30.3 Å². The molecular weight excluding hydrogens is 511 g/mol. The second-order valence-electron chi connectivity index (χ2n) is 7.17. The number of phenolic OH excluding ortho intramolecular Hbond substituents is 1. The van der Waals surface area contributed by atoms with Gasteiger partial charge < -0.3 is 37.5 Å². The third-order valence-corrected chi connectivity index (χ3v) is 4.15. The third kappa shape index (κ3) is 15.7. The third-order valence-electron chi connectivity index (χ3n) is 4.15. The number of aliphatic hydroxyl groups excluding tert-OH is 1. The number of hydrogen-bond acceptors (Lipinski definition) is 10. The van der Waals surface area contributed by atoms with Gasteiger partial charge in [-0.3, -0.25) is 15.5 Å². The van der Waals surface area contributed by atoms with Crippen molar-refractivity contribution in [3.63, 3.8) is 0 Å². The number of methoxy groups -OCH3 is 1. The molecule has 0 bridgehead atoms. The molecule has 0 saturated carbocycles. The van der Waals surface area contributed by atoms with Crippen LogP contribution in [-0.4, -0.2) is 78.9 Å². The number of nitrogens with zero attached hydrogens (tertiary/aromatic N) is 1. The van der Waals surface area contributed by atoms with Gasteiger partial charge in [0.1, 0.15) is 17.1 Å². The number of rotatable bonds is 4. The number of para-hydroxylation sites is 2. The predicted octanol–water partition coefficient (Wildman–Crippen LogP) is -3.04. The first-order valence-corrected chi connectivity index (χ1v) is 11.0. The van der Waals surface area contributed by atoms with Crippen LogP contribution in [0.25, 0.3) is 0 Å². The Bertz CT molecular complexity index is 999. The van der Waals surface area contributed by atoms with Gasteiger partial charge in [0.05, 0.1) is 20.3 Å². The van der Waals surface area contributed by atoms with Crippen molar-refractivity contribution in [2.75, 3.05) is 33.4 Å². The topological polar surface area (TPSA) is 205 Å². The average molecular weight is 545 g/mol. The van der Waals surface area contributed by atoms with Crippen molar-refractivity contribution in [3.8, 4) is 11.5 Å². The smallest absolute Gasteiger partial charge is 1.00 e. The molecule has 1 atom stereocenters. The standard InChI is InChI=1S/C8H8O3.C8H10O2.C4H10N4O.C3H4N2O2.Na.H/c1-11-8(10)6-4-2-3-5-7(6)9;1-7(9)10-8-5-3-2-4-6-8;5-4(9)7-8-2-1-6-3-8;6-2-1-4-3(7)5-2;;/h2-5,9H,1H3;2-7,9H,1H3;6H,1-3H2,(H3,5,7,9);1H2,(H2,4,5,6,7);;/q;;;;+1;-1. The molecule has 2 heterocycles. The molecule has 0 radical (unpaired) electrons. The Morgan fingerprint density at radius 2 is 1.76 bits per heavy atom. The fraction of sp³-hybridized carbons (Fsp3) is 0.304. The van der Waals surface area contributed by atoms with E-state index in [1.807, 2.05) is 23.5 Å². The number of amides is 5. The van der Waals surface area contributed by atoms with Crippen LogP contribution in [0.2, 0.25) is 0 Å². The van der Waals surface area contributed by atoms with E-state index in [9.17, 15) is 19.2 Å². The van der Waals surface area contributed by atoms with E-state index >= 15 is 0 Å². The van der Waals surface area contributed by atoms with Crippen molar-refractivity contribution in [2.45, 2.75) is 13.2 Å². The zero-order chi connectivity index (χ0) is 27.6. The van der Waals surface area contributed by atoms with Crippen LogP contribution in [0.5, 0.6) is 11.5 Å². The van der Waals surface area contributed by atoms with E-state index in [-0.39, 0.29) is 54.7 Å². The fourth-order valence-corrected chi connectivity index (χ4v) is 2.59. The van der Waals surface area contributed by atoms with Crippen LogP contribution in [-0.2, 0) is 9.53 Å². The van der Waals surface area contributed by atoms with Gasteiger partial charge in [0.15, 0.2) is 6.29 Å². The first kappa shape index (κ1) is 34.6. The second-order valence-corrected chi connectivity index (χ2v) is 7.17. The molecule has 38 heavy (non-hydrogen) atoms. The number of nitrogens with one attached hydrogen (secondary N) is 4. The maximum absolute atomic E-state index is 10.9. The predicted molar refractivity (Wildman–Crippen MR) is 133 cm³/mol. The van der Waals surface area contributed by atoms with Crippen LogP contribution in [0.3, 0.4) is 0 Å². The van der Waals surface area contributed by atoms with Crippen molar-refractivity contribution < 1.29 is 69.8 Å². The van der Waals surface area contributed by atoms with E-state index < -0.39 is 24.3 Å². The summed E-state index contributed by atoms with van der Waals surface area (Å²) in [6.07, 6.45) is -0.734. The second kappa shape index (κ2) is 19.7. The van der Waals surface area contributed by atoms with Crippen LogP contribution in [0.15, 0.2) is 54.6 Å². The number of benzene rings is 2. The number of esters is 1. The molecule has 8 N–H and O–H groups in total. The summed E-state index contributed by atoms with van der Waals surface area (Å²) in [7, 11) is 1.27. The summed E-state index contributed by atoms with van der Waals surface area (Å²) in [5, 5.41) is 27.0. The number of aromatic hydroxyl groups is 1. The van der Waals surface area contributed by atoms with Crippen LogP contribution >= 0.6 is 0 Å². The summed E-state index contributed by atoms with van der Waals surface area (Å²) in [5.41, 5.74) is 7.49. The molecule has 15 heteroatoms. The molecule has 0 aliphatic carbocycles. The molecular formula is C23H33N6NaO8. The Balaban J connectivity index is 0. The van der Waals surface area contributed by atoms with Crippen LogP contribution < -0.4 is 61.4 Å². The van der Waals surface area contributed by atoms with Gasteiger partial charge in [0, 0.05) is 13.1 Å². The summed E-state index contributed by atoms with van der Waals surface area (Å²) >= 11 is 0. The molecule has 2 fully saturated rings. The zero-order valence-corrected chi connectivity index (χ0v) is 23.5. The van der Waals surface area contributed by atoms with Crippen LogP contribution in [0.1, 0.15) is 18.7 Å². The van der Waals surface area contributed by atoms with E-state index in [2.05, 4.69) is 20.8 Å². The number of imide groups is 1. The first-order chi connectivity index (χ1) is 17.6. The van der Waals surface area contributed by atoms with E-state index in [4.69, 9.17) is 20.7 Å². The molecule has 0 spiro atoms. The Morgan fingerprint density at radius 3 is 2.18 bits per heavy atom. The summed E-state index contributed by atoms with van der Waals surface area (Å²) in [4.78, 5) is 41.1. The Hall–Kier alpha value is -3.40. The molecule has 14 nitrogen and oxygen atoms in total. The summed E-state index contributed by atoms with van der Waals surface area (Å²) in [5.74, 6) is -0.148. The molecule has 1 unspecified atom stereocenters. The van der Waals surface area contributed by atoms with Crippen molar-refractivity contribution in [1.82, 2.24) is 26.4 Å². The van der Waals surface area contributed by atoms with Gasteiger partial charge >= 0.3 is 47.6 Å².